The average Bonchev–Trinajstić information content (AvgIpc) is 3.02. The van der Waals surface area contributed by atoms with Crippen molar-refractivity contribution in [1.29, 1.82) is 0 Å². The maximum Gasteiger partial charge on any atom is 0.309 e. The lowest BCUT2D eigenvalue weighted by Gasteiger charge is -2.24. The maximum absolute atomic E-state index is 12.0. The van der Waals surface area contributed by atoms with E-state index in [1.165, 1.54) is 11.3 Å². The van der Waals surface area contributed by atoms with Gasteiger partial charge in [-0.15, -0.1) is 11.3 Å². The Morgan fingerprint density at radius 3 is 2.59 bits per heavy atom. The van der Waals surface area contributed by atoms with E-state index < -0.39 is 11.8 Å². The predicted octanol–water partition coefficient (Wildman–Crippen LogP) is 1.92. The lowest BCUT2D eigenvalue weighted by atomic mass is 9.95. The third kappa shape index (κ3) is 4.81. The Morgan fingerprint density at radius 1 is 1.27 bits per heavy atom. The second-order valence-electron chi connectivity index (χ2n) is 6.01. The van der Waals surface area contributed by atoms with Crippen molar-refractivity contribution >= 4 is 23.2 Å². The van der Waals surface area contributed by atoms with Gasteiger partial charge in [0.1, 0.15) is 0 Å². The van der Waals surface area contributed by atoms with Gasteiger partial charge in [0.2, 0.25) is 0 Å². The summed E-state index contributed by atoms with van der Waals surface area (Å²) < 4.78 is 0. The number of nitrogens with one attached hydrogen (secondary N) is 2. The van der Waals surface area contributed by atoms with Crippen molar-refractivity contribution in [2.45, 2.75) is 44.2 Å². The molecule has 0 aromatic carbocycles. The highest BCUT2D eigenvalue weighted by Crippen LogP contribution is 2.22. The largest absolute Gasteiger partial charge is 0.346 e. The van der Waals surface area contributed by atoms with Crippen LogP contribution in [0.3, 0.4) is 0 Å². The van der Waals surface area contributed by atoms with Gasteiger partial charge < -0.3 is 15.5 Å². The van der Waals surface area contributed by atoms with Crippen molar-refractivity contribution in [2.75, 3.05) is 20.6 Å². The molecule has 2 rings (SSSR count). The molecule has 0 aliphatic heterocycles. The lowest BCUT2D eigenvalue weighted by Crippen LogP contribution is -2.46. The van der Waals surface area contributed by atoms with E-state index in [1.807, 2.05) is 36.5 Å². The molecule has 6 heteroatoms. The first-order chi connectivity index (χ1) is 10.6. The molecule has 0 saturated heterocycles. The van der Waals surface area contributed by atoms with Crippen LogP contribution in [0.25, 0.3) is 0 Å². The first-order valence-electron chi connectivity index (χ1n) is 7.86. The summed E-state index contributed by atoms with van der Waals surface area (Å²) in [6.07, 6.45) is 5.45. The Morgan fingerprint density at radius 2 is 2.00 bits per heavy atom. The summed E-state index contributed by atoms with van der Waals surface area (Å²) >= 11 is 1.65. The normalized spacial score (nSPS) is 17.2. The number of hydrogen-bond acceptors (Lipinski definition) is 4. The van der Waals surface area contributed by atoms with Gasteiger partial charge >= 0.3 is 11.8 Å². The molecule has 0 spiro atoms. The van der Waals surface area contributed by atoms with Crippen LogP contribution < -0.4 is 10.6 Å². The molecule has 122 valence electrons. The zero-order chi connectivity index (χ0) is 15.9. The van der Waals surface area contributed by atoms with E-state index in [4.69, 9.17) is 0 Å². The Bertz CT molecular complexity index is 482. The van der Waals surface area contributed by atoms with Crippen LogP contribution in [0.15, 0.2) is 17.5 Å². The molecule has 1 aromatic heterocycles. The zero-order valence-electron chi connectivity index (χ0n) is 13.3. The summed E-state index contributed by atoms with van der Waals surface area (Å²) in [5.74, 6) is -1.04. The topological polar surface area (TPSA) is 61.4 Å². The molecule has 1 aliphatic rings. The molecule has 1 saturated carbocycles. The van der Waals surface area contributed by atoms with Gasteiger partial charge in [0.15, 0.2) is 0 Å². The summed E-state index contributed by atoms with van der Waals surface area (Å²) in [5.41, 5.74) is 0. The zero-order valence-corrected chi connectivity index (χ0v) is 14.1. The third-order valence-electron chi connectivity index (χ3n) is 4.10. The first kappa shape index (κ1) is 17.0. The first-order valence-corrected chi connectivity index (χ1v) is 8.74. The number of rotatable bonds is 5. The number of carbonyl (C=O) groups is 2. The van der Waals surface area contributed by atoms with Crippen LogP contribution in [0.1, 0.15) is 43.0 Å². The van der Waals surface area contributed by atoms with Crippen LogP contribution in [-0.2, 0) is 9.59 Å². The van der Waals surface area contributed by atoms with Gasteiger partial charge in [-0.1, -0.05) is 25.3 Å². The van der Waals surface area contributed by atoms with E-state index in [1.54, 1.807) is 11.3 Å². The van der Waals surface area contributed by atoms with E-state index in [0.29, 0.717) is 6.54 Å². The van der Waals surface area contributed by atoms with Crippen LogP contribution in [-0.4, -0.2) is 43.4 Å². The number of hydrogen-bond donors (Lipinski definition) is 2. The monoisotopic (exact) mass is 323 g/mol. The Labute approximate surface area is 136 Å². The number of nitrogens with zero attached hydrogens (tertiary/aromatic N) is 1. The van der Waals surface area contributed by atoms with Crippen LogP contribution in [0.4, 0.5) is 0 Å². The Hall–Kier alpha value is -1.40. The van der Waals surface area contributed by atoms with Crippen LogP contribution >= 0.6 is 11.3 Å². The average molecular weight is 323 g/mol. The second-order valence-corrected chi connectivity index (χ2v) is 6.99. The number of carbonyl (C=O) groups excluding carboxylic acids is 2. The van der Waals surface area contributed by atoms with Crippen LogP contribution in [0, 0.1) is 0 Å². The van der Waals surface area contributed by atoms with E-state index in [9.17, 15) is 9.59 Å². The van der Waals surface area contributed by atoms with Crippen molar-refractivity contribution in [3.63, 3.8) is 0 Å². The van der Waals surface area contributed by atoms with E-state index in [0.717, 1.165) is 25.7 Å². The highest BCUT2D eigenvalue weighted by atomic mass is 32.1. The predicted molar refractivity (Wildman–Crippen MR) is 88.8 cm³/mol. The van der Waals surface area contributed by atoms with Crippen molar-refractivity contribution in [3.05, 3.63) is 22.4 Å². The molecule has 22 heavy (non-hydrogen) atoms. The molecule has 1 heterocycles. The molecular weight excluding hydrogens is 298 g/mol. The standard InChI is InChI=1S/C16H25N3O2S/c1-19(2)13(14-9-6-10-22-14)11-17-15(20)16(21)18-12-7-4-3-5-8-12/h6,9-10,12-13H,3-5,7-8,11H2,1-2H3,(H,17,20)(H,18,21)/t13-/m0/s1. The van der Waals surface area contributed by atoms with Crippen LogP contribution in [0.2, 0.25) is 0 Å². The smallest absolute Gasteiger partial charge is 0.309 e. The minimum atomic E-state index is -0.533. The Balaban J connectivity index is 1.81. The fourth-order valence-electron chi connectivity index (χ4n) is 2.79. The molecule has 2 N–H and O–H groups in total. The van der Waals surface area contributed by atoms with Crippen molar-refractivity contribution in [1.82, 2.24) is 15.5 Å². The third-order valence-corrected chi connectivity index (χ3v) is 5.07. The van der Waals surface area contributed by atoms with E-state index in [2.05, 4.69) is 10.6 Å². The maximum atomic E-state index is 12.0. The van der Waals surface area contributed by atoms with E-state index in [-0.39, 0.29) is 12.1 Å². The minimum Gasteiger partial charge on any atom is -0.346 e. The molecular formula is C16H25N3O2S. The highest BCUT2D eigenvalue weighted by molar-refractivity contribution is 7.10. The molecule has 2 amide bonds. The molecule has 5 nitrogen and oxygen atoms in total. The summed E-state index contributed by atoms with van der Waals surface area (Å²) in [6, 6.07) is 4.29. The van der Waals surface area contributed by atoms with Crippen molar-refractivity contribution < 1.29 is 9.59 Å². The minimum absolute atomic E-state index is 0.0893. The van der Waals surface area contributed by atoms with Gasteiger partial charge in [-0.05, 0) is 38.4 Å². The van der Waals surface area contributed by atoms with Gasteiger partial charge in [0.25, 0.3) is 0 Å². The quantitative estimate of drug-likeness (QED) is 0.814. The summed E-state index contributed by atoms with van der Waals surface area (Å²) in [4.78, 5) is 27.1. The molecule has 1 atom stereocenters. The molecule has 0 bridgehead atoms. The SMILES string of the molecule is CN(C)[C@@H](CNC(=O)C(=O)NC1CCCCC1)c1cccs1. The van der Waals surface area contributed by atoms with Crippen LogP contribution in [0.5, 0.6) is 0 Å². The van der Waals surface area contributed by atoms with Gasteiger partial charge in [-0.2, -0.15) is 0 Å². The molecule has 1 fully saturated rings. The summed E-state index contributed by atoms with van der Waals surface area (Å²) in [6.45, 7) is 0.435. The summed E-state index contributed by atoms with van der Waals surface area (Å²) in [7, 11) is 3.94. The molecule has 0 unspecified atom stereocenters. The van der Waals surface area contributed by atoms with Crippen molar-refractivity contribution in [2.24, 2.45) is 0 Å². The van der Waals surface area contributed by atoms with Gasteiger partial charge in [0.05, 0.1) is 6.04 Å². The van der Waals surface area contributed by atoms with E-state index >= 15 is 0 Å². The van der Waals surface area contributed by atoms with Gasteiger partial charge in [0, 0.05) is 17.5 Å². The van der Waals surface area contributed by atoms with Gasteiger partial charge in [-0.25, -0.2) is 0 Å². The Kier molecular flexibility index (Phi) is 6.39. The molecule has 1 aliphatic carbocycles. The summed E-state index contributed by atoms with van der Waals surface area (Å²) in [5, 5.41) is 7.62. The number of likely N-dealkylation sites (N-methyl/N-ethyl adjacent to an activating group) is 1. The fourth-order valence-corrected chi connectivity index (χ4v) is 3.71. The fraction of sp³-hybridized carbons (Fsp3) is 0.625. The number of amides is 2. The van der Waals surface area contributed by atoms with Crippen molar-refractivity contribution in [3.8, 4) is 0 Å². The molecule has 0 radical (unpaired) electrons. The second kappa shape index (κ2) is 8.29. The lowest BCUT2D eigenvalue weighted by molar-refractivity contribution is -0.139. The molecule has 1 aromatic rings. The number of thiophene rings is 1. The van der Waals surface area contributed by atoms with Gasteiger partial charge in [-0.3, -0.25) is 9.59 Å². The highest BCUT2D eigenvalue weighted by Gasteiger charge is 2.22.